The van der Waals surface area contributed by atoms with Crippen LogP contribution in [0.2, 0.25) is 18.6 Å². The molecule has 0 fully saturated rings. The first-order valence-corrected chi connectivity index (χ1v) is 16.0. The van der Waals surface area contributed by atoms with Gasteiger partial charge in [0.2, 0.25) is 0 Å². The molecule has 0 radical (unpaired) electrons. The summed E-state index contributed by atoms with van der Waals surface area (Å²) in [6, 6.07) is 12.1. The van der Waals surface area contributed by atoms with E-state index in [1.165, 1.54) is 0 Å². The molecule has 0 bridgehead atoms. The first-order valence-electron chi connectivity index (χ1n) is 11.5. The van der Waals surface area contributed by atoms with Gasteiger partial charge in [0.05, 0.1) is 22.4 Å². The zero-order valence-electron chi connectivity index (χ0n) is 22.4. The number of rotatable bonds is 8. The maximum atomic E-state index is 6.87. The highest BCUT2D eigenvalue weighted by Crippen LogP contribution is 2.34. The van der Waals surface area contributed by atoms with Crippen LogP contribution in [0.3, 0.4) is 0 Å². The third-order valence-electron chi connectivity index (χ3n) is 4.11. The summed E-state index contributed by atoms with van der Waals surface area (Å²) in [6.07, 6.45) is 0. The zero-order valence-corrected chi connectivity index (χ0v) is 24.4. The molecule has 0 heterocycles. The van der Waals surface area contributed by atoms with E-state index in [0.717, 1.165) is 17.3 Å². The lowest BCUT2D eigenvalue weighted by molar-refractivity contribution is 0.0115. The average molecular weight is 469 g/mol. The Morgan fingerprint density at radius 3 is 1.23 bits per heavy atom. The normalized spacial score (nSPS) is 14.7. The summed E-state index contributed by atoms with van der Waals surface area (Å²) in [5, 5.41) is 1.16. The molecule has 1 rings (SSSR count). The predicted molar refractivity (Wildman–Crippen MR) is 136 cm³/mol. The summed E-state index contributed by atoms with van der Waals surface area (Å²) in [7, 11) is -5.37. The minimum Gasteiger partial charge on any atom is -0.389 e. The first kappa shape index (κ1) is 28.5. The van der Waals surface area contributed by atoms with Crippen LogP contribution in [0.5, 0.6) is 0 Å². The Bertz CT molecular complexity index is 645. The smallest absolute Gasteiger partial charge is 0.373 e. The SMILES string of the molecule is CC(C)(C)O[Si](C)(CC[Si](OC(C)(C)C)(OC(C)(C)C)c1ccccc1)OC(C)(C)C. The van der Waals surface area contributed by atoms with E-state index in [2.05, 4.69) is 114 Å². The summed E-state index contributed by atoms with van der Waals surface area (Å²) < 4.78 is 27.0. The van der Waals surface area contributed by atoms with Gasteiger partial charge in [-0.2, -0.15) is 0 Å². The van der Waals surface area contributed by atoms with Crippen LogP contribution in [0.4, 0.5) is 0 Å². The van der Waals surface area contributed by atoms with Crippen molar-refractivity contribution in [2.24, 2.45) is 0 Å². The quantitative estimate of drug-likeness (QED) is 0.399. The van der Waals surface area contributed by atoms with Crippen molar-refractivity contribution in [3.63, 3.8) is 0 Å². The maximum Gasteiger partial charge on any atom is 0.373 e. The molecule has 4 nitrogen and oxygen atoms in total. The monoisotopic (exact) mass is 468 g/mol. The molecule has 6 heteroatoms. The summed E-state index contributed by atoms with van der Waals surface area (Å²) in [6.45, 7) is 27.4. The molecule has 0 saturated carbocycles. The molecule has 31 heavy (non-hydrogen) atoms. The Balaban J connectivity index is 3.46. The number of hydrogen-bond donors (Lipinski definition) is 0. The van der Waals surface area contributed by atoms with Crippen molar-refractivity contribution in [2.45, 2.75) is 124 Å². The predicted octanol–water partition coefficient (Wildman–Crippen LogP) is 6.67. The lowest BCUT2D eigenvalue weighted by Crippen LogP contribution is -2.61. The first-order chi connectivity index (χ1) is 13.6. The van der Waals surface area contributed by atoms with E-state index in [-0.39, 0.29) is 22.4 Å². The van der Waals surface area contributed by atoms with E-state index < -0.39 is 17.1 Å². The van der Waals surface area contributed by atoms with Crippen molar-refractivity contribution in [2.75, 3.05) is 0 Å². The highest BCUT2D eigenvalue weighted by atomic mass is 28.4. The zero-order chi connectivity index (χ0) is 24.4. The van der Waals surface area contributed by atoms with Crippen LogP contribution in [0.1, 0.15) is 83.1 Å². The van der Waals surface area contributed by atoms with Crippen LogP contribution >= 0.6 is 0 Å². The van der Waals surface area contributed by atoms with Gasteiger partial charge in [0.15, 0.2) is 0 Å². The van der Waals surface area contributed by atoms with Gasteiger partial charge in [0.25, 0.3) is 0 Å². The molecule has 0 N–H and O–H groups in total. The molecular weight excluding hydrogens is 420 g/mol. The van der Waals surface area contributed by atoms with Crippen LogP contribution in [-0.4, -0.2) is 39.5 Å². The lowest BCUT2D eigenvalue weighted by atomic mass is 10.2. The third kappa shape index (κ3) is 11.3. The Morgan fingerprint density at radius 2 is 0.903 bits per heavy atom. The van der Waals surface area contributed by atoms with Crippen molar-refractivity contribution in [1.82, 2.24) is 0 Å². The van der Waals surface area contributed by atoms with Crippen LogP contribution < -0.4 is 5.19 Å². The van der Waals surface area contributed by atoms with Crippen LogP contribution in [0.25, 0.3) is 0 Å². The summed E-state index contributed by atoms with van der Waals surface area (Å²) in [5.74, 6) is 0. The van der Waals surface area contributed by atoms with Crippen LogP contribution in [0.15, 0.2) is 30.3 Å². The van der Waals surface area contributed by atoms with Gasteiger partial charge < -0.3 is 17.7 Å². The van der Waals surface area contributed by atoms with Crippen LogP contribution in [-0.2, 0) is 17.7 Å². The van der Waals surface area contributed by atoms with Crippen molar-refractivity contribution < 1.29 is 17.7 Å². The fraction of sp³-hybridized carbons (Fsp3) is 0.760. The second-order valence-electron chi connectivity index (χ2n) is 12.6. The summed E-state index contributed by atoms with van der Waals surface area (Å²) >= 11 is 0. The average Bonchev–Trinajstić information content (AvgIpc) is 2.47. The topological polar surface area (TPSA) is 36.9 Å². The van der Waals surface area contributed by atoms with E-state index in [4.69, 9.17) is 17.7 Å². The molecule has 0 atom stereocenters. The Kier molecular flexibility index (Phi) is 9.00. The van der Waals surface area contributed by atoms with Gasteiger partial charge in [-0.3, -0.25) is 0 Å². The molecule has 0 aliphatic rings. The number of hydrogen-bond acceptors (Lipinski definition) is 4. The highest BCUT2D eigenvalue weighted by Gasteiger charge is 2.50. The fourth-order valence-corrected chi connectivity index (χ4v) is 13.3. The summed E-state index contributed by atoms with van der Waals surface area (Å²) in [4.78, 5) is 0. The van der Waals surface area contributed by atoms with E-state index in [1.807, 2.05) is 6.07 Å². The van der Waals surface area contributed by atoms with E-state index in [1.54, 1.807) is 0 Å². The Morgan fingerprint density at radius 1 is 0.548 bits per heavy atom. The van der Waals surface area contributed by atoms with Crippen molar-refractivity contribution >= 4 is 22.3 Å². The van der Waals surface area contributed by atoms with Crippen molar-refractivity contribution in [3.8, 4) is 0 Å². The summed E-state index contributed by atoms with van der Waals surface area (Å²) in [5.41, 5.74) is -1.22. The van der Waals surface area contributed by atoms with Gasteiger partial charge in [0.1, 0.15) is 0 Å². The highest BCUT2D eigenvalue weighted by molar-refractivity contribution is 6.82. The molecule has 0 aliphatic heterocycles. The van der Waals surface area contributed by atoms with Gasteiger partial charge >= 0.3 is 17.1 Å². The Hall–Kier alpha value is -0.506. The molecule has 180 valence electrons. The van der Waals surface area contributed by atoms with Gasteiger partial charge in [-0.05, 0) is 107 Å². The van der Waals surface area contributed by atoms with Crippen molar-refractivity contribution in [1.29, 1.82) is 0 Å². The largest absolute Gasteiger partial charge is 0.389 e. The molecular formula is C25H48O4Si2. The second kappa shape index (κ2) is 9.78. The van der Waals surface area contributed by atoms with E-state index >= 15 is 0 Å². The van der Waals surface area contributed by atoms with Gasteiger partial charge in [0, 0.05) is 0 Å². The minimum atomic E-state index is -2.83. The molecule has 0 aliphatic carbocycles. The van der Waals surface area contributed by atoms with Gasteiger partial charge in [-0.15, -0.1) is 0 Å². The molecule has 0 aromatic heterocycles. The molecule has 1 aromatic carbocycles. The third-order valence-corrected chi connectivity index (χ3v) is 11.9. The Labute approximate surface area is 194 Å². The molecule has 0 amide bonds. The minimum absolute atomic E-state index is 0.279. The maximum absolute atomic E-state index is 6.87. The van der Waals surface area contributed by atoms with E-state index in [9.17, 15) is 0 Å². The molecule has 1 aromatic rings. The lowest BCUT2D eigenvalue weighted by Gasteiger charge is -2.44. The molecule has 0 unspecified atom stereocenters. The fourth-order valence-electron chi connectivity index (χ4n) is 3.88. The number of benzene rings is 1. The van der Waals surface area contributed by atoms with Gasteiger partial charge in [-0.1, -0.05) is 30.3 Å². The van der Waals surface area contributed by atoms with E-state index in [0.29, 0.717) is 0 Å². The second-order valence-corrected chi connectivity index (χ2v) is 18.8. The van der Waals surface area contributed by atoms with Crippen LogP contribution in [0, 0.1) is 0 Å². The van der Waals surface area contributed by atoms with Gasteiger partial charge in [-0.25, -0.2) is 0 Å². The van der Waals surface area contributed by atoms with Crippen molar-refractivity contribution in [3.05, 3.63) is 30.3 Å². The molecule has 0 saturated heterocycles. The molecule has 0 spiro atoms. The standard InChI is InChI=1S/C25H48O4Si2/c1-22(2,3)26-30(13,27-23(4,5)6)19-20-31(28-24(7,8)9,29-25(10,11)12)21-17-15-14-16-18-21/h14-18H,19-20H2,1-13H3.